The molecular weight excluding hydrogens is 1510 g/mol. The number of nitrogens with one attached hydrogen (secondary N) is 13. The van der Waals surface area contributed by atoms with Gasteiger partial charge in [-0.25, -0.2) is 0 Å². The molecule has 1 saturated heterocycles. The molecule has 1 aliphatic heterocycles. The third-order valence-corrected chi connectivity index (χ3v) is 20.2. The van der Waals surface area contributed by atoms with Gasteiger partial charge in [-0.1, -0.05) is 115 Å². The summed E-state index contributed by atoms with van der Waals surface area (Å²) in [5.41, 5.74) is 21.0. The second-order valence-electron chi connectivity index (χ2n) is 28.6. The fourth-order valence-corrected chi connectivity index (χ4v) is 14.0. The van der Waals surface area contributed by atoms with Crippen molar-refractivity contribution in [3.05, 3.63) is 185 Å². The molecule has 3 heterocycles. The van der Waals surface area contributed by atoms with Crippen LogP contribution in [0.25, 0.3) is 32.6 Å². The molecule has 11 amide bonds. The van der Waals surface area contributed by atoms with Crippen LogP contribution in [0.5, 0.6) is 5.75 Å². The number of guanidine groups is 2. The number of amides is 11. The number of aromatic nitrogens is 2. The zero-order chi connectivity index (χ0) is 83.4. The minimum Gasteiger partial charge on any atom is -0.508 e. The van der Waals surface area contributed by atoms with Crippen LogP contribution in [0.2, 0.25) is 5.02 Å². The third-order valence-electron chi connectivity index (χ3n) is 19.9. The molecule has 9 rings (SSSR count). The molecule has 6 aromatic carbocycles. The number of likely N-dealkylation sites (tertiary alicyclic amines) is 1. The number of primary amides is 1. The number of phenols is 1. The van der Waals surface area contributed by atoms with Gasteiger partial charge in [0.25, 0.3) is 0 Å². The highest BCUT2D eigenvalue weighted by atomic mass is 35.5. The van der Waals surface area contributed by atoms with E-state index in [0.29, 0.717) is 86.5 Å². The number of fused-ring (bicyclic) bond motifs is 3. The number of aromatic hydroxyl groups is 1. The number of nitrogens with two attached hydrogens (primary N) is 3. The number of benzene rings is 6. The van der Waals surface area contributed by atoms with Crippen LogP contribution in [0.4, 0.5) is 0 Å². The summed E-state index contributed by atoms with van der Waals surface area (Å²) >= 11 is 6.30. The zero-order valence-electron chi connectivity index (χ0n) is 65.3. The molecule has 8 aromatic rings. The van der Waals surface area contributed by atoms with Gasteiger partial charge in [0.15, 0.2) is 11.9 Å². The molecule has 0 unspecified atom stereocenters. The molecule has 0 radical (unpaired) electrons. The quantitative estimate of drug-likeness (QED) is 0.0149. The first-order chi connectivity index (χ1) is 55.8. The number of phenolic OH excluding ortho intramolecular Hbond substituents is 1. The standard InChI is InChI=1S/C83H104ClN19O13/c1-5-88-83(89-6-2)91-36-14-13-23-63(73(108)100-68(43-55-45-92-61-21-11-9-19-59(55)61)77(112)97-64(24-15-37-90-82(86)87)81(116)103-38-16-25-71(103)80(115)94-48(3)72(85)107)96-75(110)66(41-51-29-34-58(106)35-30-51)99-79(114)70(47-104)102-78(113)69(44-56-46-93-62-22-12-10-20-60(56)62)101-76(111)67(40-50-27-32-57(84)33-28-50)98-74(109)65(95-49(4)105)42-52-26-31-53-17-7-8-18-54(53)39-52/h7-12,17-22,26-35,39,45-46,48,63-71,92-93,104,106H,5-6,13-16,23-25,36-38,40-44,47H2,1-4H3,(H2,85,107)(H,94,115)(H,95,105)(H,96,110)(H,97,112)(H,98,109)(H,99,114)(H,100,108)(H,101,111)(H,102,113)(H4,86,87,90)(H2,88,89,91)/t48-,63-,64+,65-,66+,67-,68+,69-,70+,71+/m1/s1. The largest absolute Gasteiger partial charge is 0.508 e. The lowest BCUT2D eigenvalue weighted by molar-refractivity contribution is -0.142. The van der Waals surface area contributed by atoms with Crippen LogP contribution in [0.3, 0.4) is 0 Å². The van der Waals surface area contributed by atoms with E-state index in [4.69, 9.17) is 28.8 Å². The van der Waals surface area contributed by atoms with Crippen LogP contribution in [0.15, 0.2) is 162 Å². The van der Waals surface area contributed by atoms with E-state index in [1.165, 1.54) is 43.0 Å². The van der Waals surface area contributed by atoms with Crippen molar-refractivity contribution in [2.24, 2.45) is 27.2 Å². The molecule has 616 valence electrons. The molecule has 33 heteroatoms. The van der Waals surface area contributed by atoms with Crippen LogP contribution in [0.1, 0.15) is 100 Å². The van der Waals surface area contributed by atoms with Crippen LogP contribution in [-0.4, -0.2) is 202 Å². The van der Waals surface area contributed by atoms with Crippen molar-refractivity contribution in [3.63, 3.8) is 0 Å². The Bertz CT molecular complexity index is 4810. The highest BCUT2D eigenvalue weighted by molar-refractivity contribution is 6.30. The summed E-state index contributed by atoms with van der Waals surface area (Å²) in [6, 6.07) is 25.8. The van der Waals surface area contributed by atoms with E-state index in [-0.39, 0.29) is 95.6 Å². The molecule has 0 spiro atoms. The van der Waals surface area contributed by atoms with Gasteiger partial charge >= 0.3 is 0 Å². The summed E-state index contributed by atoms with van der Waals surface area (Å²) in [5.74, 6) is -8.74. The van der Waals surface area contributed by atoms with Crippen LogP contribution >= 0.6 is 11.6 Å². The van der Waals surface area contributed by atoms with E-state index >= 15 is 28.8 Å². The normalized spacial score (nSPS) is 14.8. The van der Waals surface area contributed by atoms with Crippen LogP contribution in [0, 0.1) is 0 Å². The molecule has 2 aromatic heterocycles. The first kappa shape index (κ1) is 87.4. The van der Waals surface area contributed by atoms with Crippen molar-refractivity contribution in [1.29, 1.82) is 0 Å². The maximum Gasteiger partial charge on any atom is 0.245 e. The number of aliphatic hydroxyl groups is 1. The molecule has 116 heavy (non-hydrogen) atoms. The monoisotopic (exact) mass is 1610 g/mol. The van der Waals surface area contributed by atoms with Crippen molar-refractivity contribution in [2.45, 2.75) is 165 Å². The molecule has 0 bridgehead atoms. The number of hydrogen-bond donors (Lipinski definition) is 18. The number of aliphatic hydroxyl groups excluding tert-OH is 1. The molecule has 10 atom stereocenters. The van der Waals surface area contributed by atoms with Gasteiger partial charge in [-0.15, -0.1) is 0 Å². The SMILES string of the molecule is CCNC(=NCCCC[C@@H](NC(=O)[C@H](Cc1ccc(O)cc1)NC(=O)[C@H](CO)NC(=O)[C@@H](Cc1c[nH]c2ccccc12)NC(=O)[C@@H](Cc1ccc(Cl)cc1)NC(=O)[C@@H](Cc1ccc2ccccc2c1)NC(C)=O)C(=O)N[C@@H](Cc1c[nH]c2ccccc12)C(=O)N[C@@H](CCCN=C(N)N)C(=O)N1CCC[C@H]1C(=O)N[C@H](C)C(N)=O)NCC. The second kappa shape index (κ2) is 43.1. The molecule has 1 aliphatic rings. The molecule has 21 N–H and O–H groups in total. The number of H-pyrrole nitrogens is 2. The summed E-state index contributed by atoms with van der Waals surface area (Å²) in [7, 11) is 0. The van der Waals surface area contributed by atoms with E-state index in [1.54, 1.807) is 60.9 Å². The average molecular weight is 1610 g/mol. The summed E-state index contributed by atoms with van der Waals surface area (Å²) in [6.07, 6.45) is 3.75. The van der Waals surface area contributed by atoms with Crippen molar-refractivity contribution in [1.82, 2.24) is 73.4 Å². The first-order valence-electron chi connectivity index (χ1n) is 38.9. The number of aromatic amines is 2. The van der Waals surface area contributed by atoms with Gasteiger partial charge in [0.1, 0.15) is 66.2 Å². The number of nitrogens with zero attached hydrogens (tertiary/aromatic N) is 3. The summed E-state index contributed by atoms with van der Waals surface area (Å²) in [5, 5.41) is 56.3. The number of para-hydroxylation sites is 2. The molecule has 0 saturated carbocycles. The van der Waals surface area contributed by atoms with E-state index in [0.717, 1.165) is 10.8 Å². The fourth-order valence-electron chi connectivity index (χ4n) is 13.8. The number of unbranched alkanes of at least 4 members (excludes halogenated alkanes) is 1. The predicted molar refractivity (Wildman–Crippen MR) is 442 cm³/mol. The Morgan fingerprint density at radius 3 is 1.49 bits per heavy atom. The Balaban J connectivity index is 1.01. The number of aliphatic imine (C=N–C) groups is 2. The number of rotatable bonds is 41. The minimum absolute atomic E-state index is 0.0288. The van der Waals surface area contributed by atoms with Gasteiger partial charge in [-0.05, 0) is 141 Å². The van der Waals surface area contributed by atoms with Gasteiger partial charge in [-0.3, -0.25) is 62.7 Å². The third kappa shape index (κ3) is 25.5. The lowest BCUT2D eigenvalue weighted by atomic mass is 9.99. The Kier molecular flexibility index (Phi) is 32.4. The number of carbonyl (C=O) groups is 11. The van der Waals surface area contributed by atoms with Gasteiger partial charge in [0.05, 0.1) is 6.61 Å². The maximum absolute atomic E-state index is 15.5. The van der Waals surface area contributed by atoms with Crippen molar-refractivity contribution < 1.29 is 63.0 Å². The molecular formula is C83H104ClN19O13. The van der Waals surface area contributed by atoms with E-state index in [1.807, 2.05) is 80.6 Å². The van der Waals surface area contributed by atoms with Crippen LogP contribution in [-0.2, 0) is 84.8 Å². The van der Waals surface area contributed by atoms with Gasteiger partial charge in [-0.2, -0.15) is 0 Å². The van der Waals surface area contributed by atoms with E-state index in [9.17, 15) is 34.2 Å². The zero-order valence-corrected chi connectivity index (χ0v) is 66.0. The first-order valence-corrected chi connectivity index (χ1v) is 39.2. The Hall–Kier alpha value is -12.6. The smallest absolute Gasteiger partial charge is 0.245 e. The number of hydrogen-bond acceptors (Lipinski definition) is 15. The molecule has 1 fully saturated rings. The highest BCUT2D eigenvalue weighted by Gasteiger charge is 2.41. The van der Waals surface area contributed by atoms with E-state index < -0.39 is 132 Å². The number of carbonyl (C=O) groups excluding carboxylic acids is 11. The van der Waals surface area contributed by atoms with Crippen molar-refractivity contribution >= 4 is 121 Å². The second-order valence-corrected chi connectivity index (χ2v) is 29.1. The lowest BCUT2D eigenvalue weighted by Gasteiger charge is -2.30. The average Bonchev–Trinajstić information content (AvgIpc) is 1.44. The van der Waals surface area contributed by atoms with Crippen molar-refractivity contribution in [2.75, 3.05) is 39.3 Å². The summed E-state index contributed by atoms with van der Waals surface area (Å²) < 4.78 is 0. The van der Waals surface area contributed by atoms with Gasteiger partial charge in [0.2, 0.25) is 65.0 Å². The van der Waals surface area contributed by atoms with Crippen molar-refractivity contribution in [3.8, 4) is 5.75 Å². The summed E-state index contributed by atoms with van der Waals surface area (Å²) in [6.45, 7) is 6.99. The summed E-state index contributed by atoms with van der Waals surface area (Å²) in [4.78, 5) is 176. The Labute approximate surface area is 676 Å². The lowest BCUT2D eigenvalue weighted by Crippen LogP contribution is -2.61. The fraction of sp³-hybridized carbons (Fsp3) is 0.386. The minimum atomic E-state index is -1.85. The topological polar surface area (TPSA) is 498 Å². The number of halogens is 1. The Morgan fingerprint density at radius 1 is 0.509 bits per heavy atom. The molecule has 32 nitrogen and oxygen atoms in total. The van der Waals surface area contributed by atoms with Gasteiger partial charge < -0.3 is 101 Å². The Morgan fingerprint density at radius 2 is 0.957 bits per heavy atom. The highest BCUT2D eigenvalue weighted by Crippen LogP contribution is 2.25. The molecule has 0 aliphatic carbocycles. The maximum atomic E-state index is 15.5. The predicted octanol–water partition coefficient (Wildman–Crippen LogP) is 2.35. The van der Waals surface area contributed by atoms with E-state index in [2.05, 4.69) is 78.4 Å². The van der Waals surface area contributed by atoms with Crippen LogP contribution < -0.4 is 75.7 Å². The van der Waals surface area contributed by atoms with Gasteiger partial charge in [0, 0.05) is 111 Å².